The third-order valence-electron chi connectivity index (χ3n) is 3.42. The van der Waals surface area contributed by atoms with Gasteiger partial charge in [-0.15, -0.1) is 0 Å². The summed E-state index contributed by atoms with van der Waals surface area (Å²) in [6.07, 6.45) is 0.416. The van der Waals surface area contributed by atoms with Crippen LogP contribution in [-0.2, 0) is 6.42 Å². The van der Waals surface area contributed by atoms with Crippen molar-refractivity contribution in [2.45, 2.75) is 26.3 Å². The highest BCUT2D eigenvalue weighted by Gasteiger charge is 2.12. The van der Waals surface area contributed by atoms with E-state index in [1.165, 1.54) is 17.7 Å². The van der Waals surface area contributed by atoms with Crippen LogP contribution < -0.4 is 5.73 Å². The van der Waals surface area contributed by atoms with Crippen LogP contribution in [0.1, 0.15) is 28.3 Å². The summed E-state index contributed by atoms with van der Waals surface area (Å²) in [5.41, 5.74) is 10.0. The molecule has 0 spiro atoms. The molecule has 1 unspecified atom stereocenters. The van der Waals surface area contributed by atoms with E-state index < -0.39 is 11.6 Å². The molecule has 2 aromatic carbocycles. The molecule has 0 radical (unpaired) electrons. The van der Waals surface area contributed by atoms with Gasteiger partial charge in [0.25, 0.3) is 0 Å². The molecule has 0 aromatic heterocycles. The predicted octanol–water partition coefficient (Wildman–Crippen LogP) is 3.82. The van der Waals surface area contributed by atoms with Gasteiger partial charge in [-0.05, 0) is 54.7 Å². The molecule has 0 fully saturated rings. The summed E-state index contributed by atoms with van der Waals surface area (Å²) < 4.78 is 26.3. The molecule has 0 amide bonds. The van der Waals surface area contributed by atoms with Gasteiger partial charge in [0.05, 0.1) is 0 Å². The fourth-order valence-electron chi connectivity index (χ4n) is 2.27. The molecule has 0 saturated heterocycles. The summed E-state index contributed by atoms with van der Waals surface area (Å²) in [5.74, 6) is -1.13. The zero-order valence-corrected chi connectivity index (χ0v) is 11.1. The minimum absolute atomic E-state index is 0.263. The van der Waals surface area contributed by atoms with Crippen LogP contribution in [0.5, 0.6) is 0 Å². The van der Waals surface area contributed by atoms with E-state index in [4.69, 9.17) is 5.73 Å². The molecule has 0 aliphatic carbocycles. The lowest BCUT2D eigenvalue weighted by Crippen LogP contribution is -2.15. The smallest absolute Gasteiger partial charge is 0.126 e. The van der Waals surface area contributed by atoms with E-state index in [1.54, 1.807) is 0 Å². The Labute approximate surface area is 112 Å². The van der Waals surface area contributed by atoms with E-state index in [9.17, 15) is 8.78 Å². The number of hydrogen-bond acceptors (Lipinski definition) is 1. The standard InChI is InChI=1S/C16H17F2N/c1-10-4-3-5-15(11(10)2)16(19)8-12-6-13(17)9-14(18)7-12/h3-7,9,16H,8,19H2,1-2H3. The topological polar surface area (TPSA) is 26.0 Å². The minimum Gasteiger partial charge on any atom is -0.324 e. The molecule has 0 saturated carbocycles. The van der Waals surface area contributed by atoms with Crippen LogP contribution in [0.2, 0.25) is 0 Å². The van der Waals surface area contributed by atoms with E-state index in [0.29, 0.717) is 12.0 Å². The van der Waals surface area contributed by atoms with Gasteiger partial charge in [-0.25, -0.2) is 8.78 Å². The predicted molar refractivity (Wildman–Crippen MR) is 72.9 cm³/mol. The van der Waals surface area contributed by atoms with Gasteiger partial charge in [0.15, 0.2) is 0 Å². The largest absolute Gasteiger partial charge is 0.324 e. The van der Waals surface area contributed by atoms with Gasteiger partial charge in [0, 0.05) is 12.1 Å². The molecule has 3 heteroatoms. The third-order valence-corrected chi connectivity index (χ3v) is 3.42. The van der Waals surface area contributed by atoms with E-state index in [1.807, 2.05) is 32.0 Å². The average molecular weight is 261 g/mol. The molecular weight excluding hydrogens is 244 g/mol. The van der Waals surface area contributed by atoms with E-state index in [2.05, 4.69) is 0 Å². The molecule has 0 aliphatic heterocycles. The Morgan fingerprint density at radius 2 is 1.68 bits per heavy atom. The summed E-state index contributed by atoms with van der Waals surface area (Å²) in [4.78, 5) is 0. The number of hydrogen-bond donors (Lipinski definition) is 1. The average Bonchev–Trinajstić information content (AvgIpc) is 2.31. The van der Waals surface area contributed by atoms with Gasteiger partial charge in [0.2, 0.25) is 0 Å². The van der Waals surface area contributed by atoms with Crippen molar-refractivity contribution < 1.29 is 8.78 Å². The number of nitrogens with two attached hydrogens (primary N) is 1. The monoisotopic (exact) mass is 261 g/mol. The van der Waals surface area contributed by atoms with Crippen LogP contribution in [0, 0.1) is 25.5 Å². The van der Waals surface area contributed by atoms with Crippen molar-refractivity contribution in [2.24, 2.45) is 5.73 Å². The van der Waals surface area contributed by atoms with Gasteiger partial charge >= 0.3 is 0 Å². The van der Waals surface area contributed by atoms with Gasteiger partial charge in [-0.1, -0.05) is 18.2 Å². The molecule has 0 aliphatic rings. The fraction of sp³-hybridized carbons (Fsp3) is 0.250. The first kappa shape index (κ1) is 13.7. The van der Waals surface area contributed by atoms with Crippen LogP contribution in [0.4, 0.5) is 8.78 Å². The molecule has 100 valence electrons. The number of benzene rings is 2. The SMILES string of the molecule is Cc1cccc(C(N)Cc2cc(F)cc(F)c2)c1C. The summed E-state index contributed by atoms with van der Waals surface area (Å²) in [5, 5.41) is 0. The first-order chi connectivity index (χ1) is 8.97. The molecule has 2 aromatic rings. The van der Waals surface area contributed by atoms with Crippen molar-refractivity contribution in [1.29, 1.82) is 0 Å². The molecule has 2 N–H and O–H groups in total. The Bertz CT molecular complexity index is 573. The maximum Gasteiger partial charge on any atom is 0.126 e. The number of halogens is 2. The van der Waals surface area contributed by atoms with Gasteiger partial charge in [-0.2, -0.15) is 0 Å². The Hall–Kier alpha value is -1.74. The normalized spacial score (nSPS) is 12.5. The quantitative estimate of drug-likeness (QED) is 0.893. The second kappa shape index (κ2) is 5.49. The lowest BCUT2D eigenvalue weighted by Gasteiger charge is -2.16. The van der Waals surface area contributed by atoms with Crippen molar-refractivity contribution in [3.05, 3.63) is 70.3 Å². The highest BCUT2D eigenvalue weighted by molar-refractivity contribution is 5.36. The molecule has 2 rings (SSSR count). The number of aryl methyl sites for hydroxylation is 1. The van der Waals surface area contributed by atoms with Crippen molar-refractivity contribution in [3.63, 3.8) is 0 Å². The molecule has 0 heterocycles. The first-order valence-corrected chi connectivity index (χ1v) is 6.24. The zero-order chi connectivity index (χ0) is 14.0. The molecule has 0 bridgehead atoms. The molecule has 1 atom stereocenters. The summed E-state index contributed by atoms with van der Waals surface area (Å²) >= 11 is 0. The second-order valence-electron chi connectivity index (χ2n) is 4.88. The molecule has 1 nitrogen and oxygen atoms in total. The van der Waals surface area contributed by atoms with Gasteiger partial charge in [0.1, 0.15) is 11.6 Å². The van der Waals surface area contributed by atoms with Crippen molar-refractivity contribution in [2.75, 3.05) is 0 Å². The van der Waals surface area contributed by atoms with Gasteiger partial charge in [-0.3, -0.25) is 0 Å². The Morgan fingerprint density at radius 1 is 1.05 bits per heavy atom. The van der Waals surface area contributed by atoms with E-state index in [0.717, 1.165) is 17.2 Å². The summed E-state index contributed by atoms with van der Waals surface area (Å²) in [6, 6.07) is 9.19. The maximum atomic E-state index is 13.1. The van der Waals surface area contributed by atoms with Crippen molar-refractivity contribution in [3.8, 4) is 0 Å². The third kappa shape index (κ3) is 3.18. The number of rotatable bonds is 3. The van der Waals surface area contributed by atoms with Crippen LogP contribution in [-0.4, -0.2) is 0 Å². The van der Waals surface area contributed by atoms with Crippen molar-refractivity contribution >= 4 is 0 Å². The van der Waals surface area contributed by atoms with Crippen LogP contribution >= 0.6 is 0 Å². The van der Waals surface area contributed by atoms with E-state index in [-0.39, 0.29) is 6.04 Å². The van der Waals surface area contributed by atoms with Crippen LogP contribution in [0.3, 0.4) is 0 Å². The zero-order valence-electron chi connectivity index (χ0n) is 11.1. The first-order valence-electron chi connectivity index (χ1n) is 6.24. The Balaban J connectivity index is 2.25. The van der Waals surface area contributed by atoms with Crippen molar-refractivity contribution in [1.82, 2.24) is 0 Å². The summed E-state index contributed by atoms with van der Waals surface area (Å²) in [6.45, 7) is 4.03. The summed E-state index contributed by atoms with van der Waals surface area (Å²) in [7, 11) is 0. The molecular formula is C16H17F2N. The lowest BCUT2D eigenvalue weighted by molar-refractivity contribution is 0.576. The highest BCUT2D eigenvalue weighted by Crippen LogP contribution is 2.22. The van der Waals surface area contributed by atoms with Gasteiger partial charge < -0.3 is 5.73 Å². The highest BCUT2D eigenvalue weighted by atomic mass is 19.1. The minimum atomic E-state index is -0.567. The van der Waals surface area contributed by atoms with E-state index >= 15 is 0 Å². The Morgan fingerprint density at radius 3 is 2.32 bits per heavy atom. The fourth-order valence-corrected chi connectivity index (χ4v) is 2.27. The van der Waals surface area contributed by atoms with Crippen LogP contribution in [0.25, 0.3) is 0 Å². The second-order valence-corrected chi connectivity index (χ2v) is 4.88. The molecule has 19 heavy (non-hydrogen) atoms. The Kier molecular flexibility index (Phi) is 3.96. The maximum absolute atomic E-state index is 13.1. The lowest BCUT2D eigenvalue weighted by atomic mass is 9.94. The van der Waals surface area contributed by atoms with Crippen LogP contribution in [0.15, 0.2) is 36.4 Å².